The van der Waals surface area contributed by atoms with E-state index in [2.05, 4.69) is 20.4 Å². The third-order valence-electron chi connectivity index (χ3n) is 4.21. The maximum Gasteiger partial charge on any atom is 0.416 e. The van der Waals surface area contributed by atoms with E-state index in [1.165, 1.54) is 18.5 Å². The van der Waals surface area contributed by atoms with E-state index >= 15 is 0 Å². The first-order valence-corrected chi connectivity index (χ1v) is 7.58. The summed E-state index contributed by atoms with van der Waals surface area (Å²) in [5, 5.41) is 7.48. The lowest BCUT2D eigenvalue weighted by molar-refractivity contribution is -0.137. The van der Waals surface area contributed by atoms with Crippen LogP contribution < -0.4 is 5.32 Å². The number of aromatic nitrogens is 4. The molecule has 1 saturated heterocycles. The lowest BCUT2D eigenvalue weighted by Gasteiger charge is -2.43. The van der Waals surface area contributed by atoms with E-state index in [-0.39, 0.29) is 0 Å². The van der Waals surface area contributed by atoms with Gasteiger partial charge < -0.3 is 10.1 Å². The highest BCUT2D eigenvalue weighted by Gasteiger charge is 2.41. The van der Waals surface area contributed by atoms with Crippen LogP contribution in [0.4, 0.5) is 19.0 Å². The molecule has 130 valence electrons. The minimum Gasteiger partial charge on any atom is -0.376 e. The number of ether oxygens (including phenoxy) is 1. The predicted molar refractivity (Wildman–Crippen MR) is 83.1 cm³/mol. The minimum atomic E-state index is -4.36. The van der Waals surface area contributed by atoms with Gasteiger partial charge in [0.05, 0.1) is 18.8 Å². The second-order valence-electron chi connectivity index (χ2n) is 6.03. The van der Waals surface area contributed by atoms with Crippen LogP contribution in [0.25, 0.3) is 5.78 Å². The molecule has 1 aliphatic heterocycles. The van der Waals surface area contributed by atoms with E-state index in [1.807, 2.05) is 13.0 Å². The summed E-state index contributed by atoms with van der Waals surface area (Å²) in [4.78, 5) is 8.34. The monoisotopic (exact) mass is 349 g/mol. The van der Waals surface area contributed by atoms with Crippen molar-refractivity contribution in [2.45, 2.75) is 18.6 Å². The van der Waals surface area contributed by atoms with E-state index in [4.69, 9.17) is 4.74 Å². The van der Waals surface area contributed by atoms with Crippen molar-refractivity contribution >= 4 is 11.6 Å². The SMILES string of the molecule is Cc1cc(NC2(c3ccc(C(F)(F)F)cc3)COC2)n2ncnc2n1. The molecule has 1 aromatic carbocycles. The Bertz CT molecular complexity index is 916. The van der Waals surface area contributed by atoms with E-state index in [0.29, 0.717) is 24.8 Å². The highest BCUT2D eigenvalue weighted by Crippen LogP contribution is 2.36. The number of anilines is 1. The molecule has 1 N–H and O–H groups in total. The lowest BCUT2D eigenvalue weighted by atomic mass is 9.87. The molecule has 0 spiro atoms. The van der Waals surface area contributed by atoms with Crippen molar-refractivity contribution in [3.63, 3.8) is 0 Å². The predicted octanol–water partition coefficient (Wildman–Crippen LogP) is 2.79. The van der Waals surface area contributed by atoms with Crippen molar-refractivity contribution in [3.05, 3.63) is 53.5 Å². The van der Waals surface area contributed by atoms with E-state index < -0.39 is 17.3 Å². The van der Waals surface area contributed by atoms with Gasteiger partial charge in [-0.3, -0.25) is 0 Å². The Labute approximate surface area is 140 Å². The van der Waals surface area contributed by atoms with Crippen LogP contribution in [-0.2, 0) is 16.5 Å². The number of hydrogen-bond donors (Lipinski definition) is 1. The van der Waals surface area contributed by atoms with Crippen LogP contribution in [0.1, 0.15) is 16.8 Å². The second kappa shape index (κ2) is 5.41. The standard InChI is InChI=1S/C16H14F3N5O/c1-10-6-13(24-14(22-10)20-9-21-24)23-15(7-25-8-15)11-2-4-12(5-3-11)16(17,18)19/h2-6,9,23H,7-8H2,1H3. The Morgan fingerprint density at radius 2 is 1.92 bits per heavy atom. The molecule has 4 rings (SSSR count). The molecule has 0 amide bonds. The largest absolute Gasteiger partial charge is 0.416 e. The third kappa shape index (κ3) is 2.70. The van der Waals surface area contributed by atoms with Crippen molar-refractivity contribution in [3.8, 4) is 0 Å². The molecular weight excluding hydrogens is 335 g/mol. The zero-order valence-corrected chi connectivity index (χ0v) is 13.2. The van der Waals surface area contributed by atoms with Crippen LogP contribution in [0, 0.1) is 6.92 Å². The first-order valence-electron chi connectivity index (χ1n) is 7.58. The molecule has 0 radical (unpaired) electrons. The van der Waals surface area contributed by atoms with Gasteiger partial charge in [-0.25, -0.2) is 4.98 Å². The van der Waals surface area contributed by atoms with Crippen molar-refractivity contribution in [1.82, 2.24) is 19.6 Å². The number of rotatable bonds is 3. The normalized spacial score (nSPS) is 16.6. The fourth-order valence-electron chi connectivity index (χ4n) is 2.86. The number of nitrogens with one attached hydrogen (secondary N) is 1. The average molecular weight is 349 g/mol. The number of fused-ring (bicyclic) bond motifs is 1. The van der Waals surface area contributed by atoms with Crippen molar-refractivity contribution in [2.24, 2.45) is 0 Å². The molecule has 3 heterocycles. The first kappa shape index (κ1) is 15.8. The second-order valence-corrected chi connectivity index (χ2v) is 6.03. The van der Waals surface area contributed by atoms with E-state index in [1.54, 1.807) is 4.52 Å². The molecule has 2 aromatic heterocycles. The van der Waals surface area contributed by atoms with Crippen LogP contribution in [-0.4, -0.2) is 32.8 Å². The summed E-state index contributed by atoms with van der Waals surface area (Å²) in [5.41, 5.74) is 0.182. The van der Waals surface area contributed by atoms with Gasteiger partial charge in [-0.1, -0.05) is 12.1 Å². The van der Waals surface area contributed by atoms with Gasteiger partial charge >= 0.3 is 6.18 Å². The van der Waals surface area contributed by atoms with Crippen LogP contribution in [0.5, 0.6) is 0 Å². The summed E-state index contributed by atoms with van der Waals surface area (Å²) in [6.45, 7) is 2.52. The van der Waals surface area contributed by atoms with Gasteiger partial charge in [0.25, 0.3) is 5.78 Å². The summed E-state index contributed by atoms with van der Waals surface area (Å²) >= 11 is 0. The van der Waals surface area contributed by atoms with Gasteiger partial charge in [0.1, 0.15) is 17.7 Å². The molecule has 0 unspecified atom stereocenters. The smallest absolute Gasteiger partial charge is 0.376 e. The zero-order valence-electron chi connectivity index (χ0n) is 13.2. The number of alkyl halides is 3. The van der Waals surface area contributed by atoms with Gasteiger partial charge in [0, 0.05) is 11.8 Å². The molecule has 1 fully saturated rings. The van der Waals surface area contributed by atoms with Crippen LogP contribution in [0.15, 0.2) is 36.7 Å². The molecule has 0 aliphatic carbocycles. The number of benzene rings is 1. The van der Waals surface area contributed by atoms with Crippen LogP contribution in [0.2, 0.25) is 0 Å². The molecule has 0 bridgehead atoms. The van der Waals surface area contributed by atoms with Gasteiger partial charge in [-0.2, -0.15) is 27.8 Å². The molecule has 1 aliphatic rings. The summed E-state index contributed by atoms with van der Waals surface area (Å²) in [5.74, 6) is 1.11. The van der Waals surface area contributed by atoms with Gasteiger partial charge in [-0.15, -0.1) is 0 Å². The van der Waals surface area contributed by atoms with Crippen molar-refractivity contribution < 1.29 is 17.9 Å². The highest BCUT2D eigenvalue weighted by molar-refractivity contribution is 5.50. The van der Waals surface area contributed by atoms with E-state index in [0.717, 1.165) is 23.4 Å². The summed E-state index contributed by atoms with van der Waals surface area (Å²) in [7, 11) is 0. The number of halogens is 3. The summed E-state index contributed by atoms with van der Waals surface area (Å²) in [6.07, 6.45) is -2.96. The van der Waals surface area contributed by atoms with Crippen molar-refractivity contribution in [1.29, 1.82) is 0 Å². The third-order valence-corrected chi connectivity index (χ3v) is 4.21. The molecule has 25 heavy (non-hydrogen) atoms. The average Bonchev–Trinajstić information content (AvgIpc) is 2.98. The highest BCUT2D eigenvalue weighted by atomic mass is 19.4. The fraction of sp³-hybridized carbons (Fsp3) is 0.312. The Balaban J connectivity index is 1.70. The number of aryl methyl sites for hydroxylation is 1. The zero-order chi connectivity index (χ0) is 17.7. The minimum absolute atomic E-state index is 0.343. The molecule has 0 atom stereocenters. The van der Waals surface area contributed by atoms with Gasteiger partial charge in [0.2, 0.25) is 0 Å². The molecule has 3 aromatic rings. The van der Waals surface area contributed by atoms with Crippen LogP contribution in [0.3, 0.4) is 0 Å². The summed E-state index contributed by atoms with van der Waals surface area (Å²) < 4.78 is 45.2. The Morgan fingerprint density at radius 1 is 1.20 bits per heavy atom. The Morgan fingerprint density at radius 3 is 2.52 bits per heavy atom. The maximum absolute atomic E-state index is 12.8. The van der Waals surface area contributed by atoms with Gasteiger partial charge in [0.15, 0.2) is 0 Å². The van der Waals surface area contributed by atoms with Crippen LogP contribution >= 0.6 is 0 Å². The molecule has 9 heteroatoms. The molecular formula is C16H14F3N5O. The number of nitrogens with zero attached hydrogens (tertiary/aromatic N) is 4. The van der Waals surface area contributed by atoms with Crippen molar-refractivity contribution in [2.75, 3.05) is 18.5 Å². The topological polar surface area (TPSA) is 64.3 Å². The fourth-order valence-corrected chi connectivity index (χ4v) is 2.86. The molecule has 0 saturated carbocycles. The first-order chi connectivity index (χ1) is 11.9. The number of hydrogen-bond acceptors (Lipinski definition) is 5. The van der Waals surface area contributed by atoms with E-state index in [9.17, 15) is 13.2 Å². The summed E-state index contributed by atoms with van der Waals surface area (Å²) in [6, 6.07) is 6.93. The Kier molecular flexibility index (Phi) is 3.43. The maximum atomic E-state index is 12.8. The van der Waals surface area contributed by atoms with Gasteiger partial charge in [-0.05, 0) is 24.6 Å². The molecule has 6 nitrogen and oxygen atoms in total. The quantitative estimate of drug-likeness (QED) is 0.788. The Hall–Kier alpha value is -2.68. The lowest BCUT2D eigenvalue weighted by Crippen LogP contribution is -2.53.